The van der Waals surface area contributed by atoms with E-state index in [0.717, 1.165) is 5.69 Å². The smallest absolute Gasteiger partial charge is 0.269 e. The zero-order valence-corrected chi connectivity index (χ0v) is 10.9. The van der Waals surface area contributed by atoms with E-state index in [2.05, 4.69) is 15.6 Å². The number of nitrogens with one attached hydrogen (secondary N) is 2. The van der Waals surface area contributed by atoms with E-state index in [9.17, 15) is 4.79 Å². The van der Waals surface area contributed by atoms with E-state index in [-0.39, 0.29) is 12.0 Å². The van der Waals surface area contributed by atoms with Gasteiger partial charge in [0.1, 0.15) is 5.69 Å². The first-order valence-corrected chi connectivity index (χ1v) is 5.65. The number of carbonyl (C=O) groups excluding carboxylic acids is 1. The second-order valence-corrected chi connectivity index (χ2v) is 3.70. The van der Waals surface area contributed by atoms with Crippen LogP contribution in [0.5, 0.6) is 0 Å². The van der Waals surface area contributed by atoms with Gasteiger partial charge in [0.15, 0.2) is 0 Å². The van der Waals surface area contributed by atoms with E-state index in [4.69, 9.17) is 9.47 Å². The molecule has 6 heteroatoms. The molecular formula is C12H19N3O3. The summed E-state index contributed by atoms with van der Waals surface area (Å²) in [5.41, 5.74) is 1.20. The number of carbonyl (C=O) groups is 1. The summed E-state index contributed by atoms with van der Waals surface area (Å²) in [6.45, 7) is 1.11. The van der Waals surface area contributed by atoms with Crippen molar-refractivity contribution in [3.8, 4) is 0 Å². The monoisotopic (exact) mass is 253 g/mol. The third-order valence-corrected chi connectivity index (χ3v) is 2.44. The number of rotatable bonds is 7. The van der Waals surface area contributed by atoms with Crippen LogP contribution in [0.25, 0.3) is 0 Å². The minimum absolute atomic E-state index is 0.0355. The van der Waals surface area contributed by atoms with Crippen LogP contribution in [-0.2, 0) is 9.47 Å². The minimum atomic E-state index is -0.209. The second-order valence-electron chi connectivity index (χ2n) is 3.70. The summed E-state index contributed by atoms with van der Waals surface area (Å²) in [7, 11) is 4.83. The van der Waals surface area contributed by atoms with Crippen molar-refractivity contribution in [1.29, 1.82) is 0 Å². The Kier molecular flexibility index (Phi) is 6.10. The van der Waals surface area contributed by atoms with E-state index in [1.165, 1.54) is 0 Å². The zero-order valence-electron chi connectivity index (χ0n) is 10.9. The third-order valence-electron chi connectivity index (χ3n) is 2.44. The van der Waals surface area contributed by atoms with Crippen LogP contribution in [0.3, 0.4) is 0 Å². The predicted molar refractivity (Wildman–Crippen MR) is 68.8 cm³/mol. The van der Waals surface area contributed by atoms with E-state index >= 15 is 0 Å². The van der Waals surface area contributed by atoms with Crippen molar-refractivity contribution in [2.45, 2.75) is 6.10 Å². The molecule has 18 heavy (non-hydrogen) atoms. The van der Waals surface area contributed by atoms with Gasteiger partial charge in [0, 0.05) is 39.7 Å². The Morgan fingerprint density at radius 3 is 2.89 bits per heavy atom. The number of pyridine rings is 1. The average Bonchev–Trinajstić information content (AvgIpc) is 2.42. The van der Waals surface area contributed by atoms with Gasteiger partial charge in [-0.15, -0.1) is 0 Å². The topological polar surface area (TPSA) is 72.5 Å². The first-order valence-electron chi connectivity index (χ1n) is 5.65. The highest BCUT2D eigenvalue weighted by atomic mass is 16.5. The largest absolute Gasteiger partial charge is 0.382 e. The number of hydrogen-bond acceptors (Lipinski definition) is 5. The molecule has 0 aliphatic rings. The molecule has 1 aromatic rings. The fourth-order valence-corrected chi connectivity index (χ4v) is 1.42. The van der Waals surface area contributed by atoms with Crippen molar-refractivity contribution in [2.24, 2.45) is 0 Å². The van der Waals surface area contributed by atoms with Crippen LogP contribution in [0.4, 0.5) is 5.69 Å². The summed E-state index contributed by atoms with van der Waals surface area (Å²) in [5, 5.41) is 5.71. The lowest BCUT2D eigenvalue weighted by atomic mass is 10.3. The lowest BCUT2D eigenvalue weighted by molar-refractivity contribution is 0.0365. The van der Waals surface area contributed by atoms with Crippen molar-refractivity contribution < 1.29 is 14.3 Å². The maximum Gasteiger partial charge on any atom is 0.269 e. The molecule has 2 N–H and O–H groups in total. The normalized spacial score (nSPS) is 11.9. The van der Waals surface area contributed by atoms with Gasteiger partial charge < -0.3 is 20.1 Å². The molecule has 0 saturated carbocycles. The molecule has 1 atom stereocenters. The Hall–Kier alpha value is -1.66. The Morgan fingerprint density at radius 1 is 1.50 bits per heavy atom. The van der Waals surface area contributed by atoms with Crippen LogP contribution in [0, 0.1) is 0 Å². The zero-order chi connectivity index (χ0) is 13.4. The number of nitrogens with zero attached hydrogens (tertiary/aromatic N) is 1. The molecule has 0 bridgehead atoms. The molecule has 0 fully saturated rings. The lowest BCUT2D eigenvalue weighted by Gasteiger charge is -2.15. The fourth-order valence-electron chi connectivity index (χ4n) is 1.42. The highest BCUT2D eigenvalue weighted by Crippen LogP contribution is 2.08. The molecule has 100 valence electrons. The van der Waals surface area contributed by atoms with Gasteiger partial charge >= 0.3 is 0 Å². The van der Waals surface area contributed by atoms with Crippen molar-refractivity contribution in [2.75, 3.05) is 39.7 Å². The van der Waals surface area contributed by atoms with Crippen molar-refractivity contribution in [3.63, 3.8) is 0 Å². The Balaban J connectivity index is 2.59. The number of methoxy groups -OCH3 is 2. The number of ether oxygens (including phenoxy) is 2. The van der Waals surface area contributed by atoms with Crippen LogP contribution in [0.2, 0.25) is 0 Å². The van der Waals surface area contributed by atoms with Crippen LogP contribution in [0.15, 0.2) is 18.3 Å². The standard InChI is InChI=1S/C12H19N3O3/c1-13-12(16)11-6-9(4-5-14-11)15-7-10(18-3)8-17-2/h4-6,10H,7-8H2,1-3H3,(H,13,16)(H,14,15). The molecule has 0 radical (unpaired) electrons. The highest BCUT2D eigenvalue weighted by molar-refractivity contribution is 5.92. The number of aromatic nitrogens is 1. The summed E-state index contributed by atoms with van der Waals surface area (Å²) in [4.78, 5) is 15.4. The molecule has 0 aliphatic carbocycles. The summed E-state index contributed by atoms with van der Waals surface area (Å²) >= 11 is 0. The van der Waals surface area contributed by atoms with E-state index < -0.39 is 0 Å². The van der Waals surface area contributed by atoms with Gasteiger partial charge in [-0.3, -0.25) is 9.78 Å². The summed E-state index contributed by atoms with van der Waals surface area (Å²) < 4.78 is 10.3. The molecule has 0 aromatic carbocycles. The van der Waals surface area contributed by atoms with E-state index in [0.29, 0.717) is 18.8 Å². The average molecular weight is 253 g/mol. The van der Waals surface area contributed by atoms with Crippen LogP contribution in [0.1, 0.15) is 10.5 Å². The number of anilines is 1. The van der Waals surface area contributed by atoms with Gasteiger partial charge in [-0.1, -0.05) is 0 Å². The van der Waals surface area contributed by atoms with E-state index in [1.54, 1.807) is 39.6 Å². The molecule has 1 heterocycles. The summed E-state index contributed by atoms with van der Waals surface area (Å²) in [6.07, 6.45) is 1.55. The minimum Gasteiger partial charge on any atom is -0.382 e. The number of amides is 1. The van der Waals surface area contributed by atoms with Gasteiger partial charge in [-0.2, -0.15) is 0 Å². The summed E-state index contributed by atoms with van der Waals surface area (Å²) in [6, 6.07) is 3.49. The molecule has 1 rings (SSSR count). The maximum absolute atomic E-state index is 11.4. The van der Waals surface area contributed by atoms with Gasteiger partial charge in [0.2, 0.25) is 0 Å². The summed E-state index contributed by atoms with van der Waals surface area (Å²) in [5.74, 6) is -0.209. The molecular weight excluding hydrogens is 234 g/mol. The molecule has 1 aromatic heterocycles. The van der Waals surface area contributed by atoms with Crippen LogP contribution in [-0.4, -0.2) is 51.4 Å². The van der Waals surface area contributed by atoms with Crippen molar-refractivity contribution >= 4 is 11.6 Å². The fraction of sp³-hybridized carbons (Fsp3) is 0.500. The number of hydrogen-bond donors (Lipinski definition) is 2. The van der Waals surface area contributed by atoms with Gasteiger partial charge in [-0.05, 0) is 12.1 Å². The maximum atomic E-state index is 11.4. The Morgan fingerprint density at radius 2 is 2.28 bits per heavy atom. The Bertz CT molecular complexity index is 385. The first kappa shape index (κ1) is 14.4. The molecule has 0 saturated heterocycles. The quantitative estimate of drug-likeness (QED) is 0.741. The van der Waals surface area contributed by atoms with Gasteiger partial charge in [0.05, 0.1) is 12.7 Å². The molecule has 0 aliphatic heterocycles. The SMILES string of the molecule is CNC(=O)c1cc(NCC(COC)OC)ccn1. The molecule has 6 nitrogen and oxygen atoms in total. The molecule has 1 amide bonds. The molecule has 0 spiro atoms. The van der Waals surface area contributed by atoms with Crippen LogP contribution >= 0.6 is 0 Å². The van der Waals surface area contributed by atoms with Crippen LogP contribution < -0.4 is 10.6 Å². The molecule has 1 unspecified atom stereocenters. The first-order chi connectivity index (χ1) is 8.71. The van der Waals surface area contributed by atoms with Gasteiger partial charge in [0.25, 0.3) is 5.91 Å². The Labute approximate surface area is 107 Å². The van der Waals surface area contributed by atoms with E-state index in [1.807, 2.05) is 0 Å². The highest BCUT2D eigenvalue weighted by Gasteiger charge is 2.08. The predicted octanol–water partition coefficient (Wildman–Crippen LogP) is 0.514. The second kappa shape index (κ2) is 7.62. The van der Waals surface area contributed by atoms with Crippen molar-refractivity contribution in [3.05, 3.63) is 24.0 Å². The lowest BCUT2D eigenvalue weighted by Crippen LogP contribution is -2.26. The van der Waals surface area contributed by atoms with Crippen molar-refractivity contribution in [1.82, 2.24) is 10.3 Å². The third kappa shape index (κ3) is 4.31. The van der Waals surface area contributed by atoms with Gasteiger partial charge in [-0.25, -0.2) is 0 Å².